The number of nitrogens with one attached hydrogen (secondary N) is 1. The van der Waals surface area contributed by atoms with Crippen molar-refractivity contribution >= 4 is 43.6 Å². The molecule has 0 unspecified atom stereocenters. The fourth-order valence-electron chi connectivity index (χ4n) is 4.14. The summed E-state index contributed by atoms with van der Waals surface area (Å²) >= 11 is 3.41. The second-order valence-electron chi connectivity index (χ2n) is 9.92. The molecule has 1 N–H and O–H groups in total. The van der Waals surface area contributed by atoms with Gasteiger partial charge in [-0.1, -0.05) is 77.5 Å². The predicted molar refractivity (Wildman–Crippen MR) is 163 cm³/mol. The number of amides is 2. The van der Waals surface area contributed by atoms with Gasteiger partial charge < -0.3 is 10.2 Å². The van der Waals surface area contributed by atoms with Crippen LogP contribution in [-0.2, 0) is 32.8 Å². The Balaban J connectivity index is 2.10. The summed E-state index contributed by atoms with van der Waals surface area (Å²) in [5, 5.41) is 2.98. The Morgan fingerprint density at radius 1 is 0.927 bits per heavy atom. The highest BCUT2D eigenvalue weighted by molar-refractivity contribution is 9.10. The Labute approximate surface area is 250 Å². The summed E-state index contributed by atoms with van der Waals surface area (Å²) in [4.78, 5) is 29.3. The molecule has 2 amide bonds. The fourth-order valence-corrected chi connectivity index (χ4v) is 5.47. The molecule has 0 spiro atoms. The van der Waals surface area contributed by atoms with Gasteiger partial charge >= 0.3 is 10.2 Å². The van der Waals surface area contributed by atoms with Gasteiger partial charge in [0.15, 0.2) is 0 Å². The Bertz CT molecular complexity index is 1420. The number of carbonyl (C=O) groups excluding carboxylic acids is 2. The second-order valence-corrected chi connectivity index (χ2v) is 12.9. The number of nitrogens with zero attached hydrogens (tertiary/aromatic N) is 3. The highest BCUT2D eigenvalue weighted by Gasteiger charge is 2.35. The molecule has 0 radical (unpaired) electrons. The van der Waals surface area contributed by atoms with Crippen LogP contribution in [0, 0.1) is 5.82 Å². The molecule has 3 aromatic carbocycles. The van der Waals surface area contributed by atoms with Crippen LogP contribution in [0.25, 0.3) is 0 Å². The minimum atomic E-state index is -4.28. The van der Waals surface area contributed by atoms with Gasteiger partial charge in [-0.3, -0.25) is 9.59 Å². The Morgan fingerprint density at radius 3 is 2.12 bits per heavy atom. The molecule has 0 aliphatic heterocycles. The van der Waals surface area contributed by atoms with Crippen LogP contribution in [0.1, 0.15) is 31.4 Å². The minimum Gasteiger partial charge on any atom is -0.352 e. The summed E-state index contributed by atoms with van der Waals surface area (Å²) < 4.78 is 44.1. The average Bonchev–Trinajstić information content (AvgIpc) is 2.95. The molecular weight excluding hydrogens is 611 g/mol. The molecule has 3 rings (SSSR count). The Hall–Kier alpha value is -3.28. The zero-order valence-electron chi connectivity index (χ0n) is 23.6. The third kappa shape index (κ3) is 8.61. The number of rotatable bonds is 13. The van der Waals surface area contributed by atoms with Crippen LogP contribution in [0.2, 0.25) is 0 Å². The van der Waals surface area contributed by atoms with Crippen LogP contribution in [0.5, 0.6) is 0 Å². The normalized spacial score (nSPS) is 13.0. The van der Waals surface area contributed by atoms with Crippen molar-refractivity contribution in [1.29, 1.82) is 0 Å². The summed E-state index contributed by atoms with van der Waals surface area (Å²) in [6.07, 6.45) is 0.887. The van der Waals surface area contributed by atoms with Crippen LogP contribution >= 0.6 is 15.9 Å². The average molecular weight is 648 g/mol. The number of benzene rings is 3. The van der Waals surface area contributed by atoms with Crippen LogP contribution in [0.4, 0.5) is 10.1 Å². The van der Waals surface area contributed by atoms with Gasteiger partial charge in [-0.2, -0.15) is 12.7 Å². The van der Waals surface area contributed by atoms with Crippen molar-refractivity contribution in [2.24, 2.45) is 0 Å². The van der Waals surface area contributed by atoms with Gasteiger partial charge in [-0.15, -0.1) is 0 Å². The third-order valence-electron chi connectivity index (χ3n) is 6.68. The van der Waals surface area contributed by atoms with Crippen molar-refractivity contribution in [3.05, 3.63) is 100 Å². The maximum absolute atomic E-state index is 14.9. The van der Waals surface area contributed by atoms with E-state index in [1.54, 1.807) is 0 Å². The maximum Gasteiger partial charge on any atom is 0.304 e. The van der Waals surface area contributed by atoms with Gasteiger partial charge in [-0.25, -0.2) is 8.70 Å². The largest absolute Gasteiger partial charge is 0.352 e. The molecular formula is C30H36BrFN4O4S. The molecule has 0 heterocycles. The summed E-state index contributed by atoms with van der Waals surface area (Å²) in [5.74, 6) is -1.80. The first-order chi connectivity index (χ1) is 19.4. The first kappa shape index (κ1) is 32.2. The third-order valence-corrected chi connectivity index (χ3v) is 9.01. The lowest BCUT2D eigenvalue weighted by Gasteiger charge is -2.35. The van der Waals surface area contributed by atoms with Gasteiger partial charge in [0.05, 0.1) is 5.69 Å². The molecule has 3 aromatic rings. The van der Waals surface area contributed by atoms with E-state index >= 15 is 0 Å². The van der Waals surface area contributed by atoms with E-state index in [9.17, 15) is 22.4 Å². The highest BCUT2D eigenvalue weighted by Crippen LogP contribution is 2.24. The van der Waals surface area contributed by atoms with Crippen LogP contribution < -0.4 is 9.62 Å². The molecule has 0 saturated heterocycles. The van der Waals surface area contributed by atoms with Crippen molar-refractivity contribution < 1.29 is 22.4 Å². The zero-order chi connectivity index (χ0) is 30.2. The summed E-state index contributed by atoms with van der Waals surface area (Å²) in [6, 6.07) is 20.9. The van der Waals surface area contributed by atoms with Crippen molar-refractivity contribution in [2.75, 3.05) is 24.9 Å². The van der Waals surface area contributed by atoms with Crippen molar-refractivity contribution in [3.8, 4) is 0 Å². The van der Waals surface area contributed by atoms with E-state index in [1.165, 1.54) is 37.2 Å². The molecule has 0 aromatic heterocycles. The molecule has 8 nitrogen and oxygen atoms in total. The van der Waals surface area contributed by atoms with E-state index in [0.717, 1.165) is 30.3 Å². The van der Waals surface area contributed by atoms with E-state index in [4.69, 9.17) is 0 Å². The fraction of sp³-hybridized carbons (Fsp3) is 0.333. The number of carbonyl (C=O) groups is 2. The Morgan fingerprint density at radius 2 is 1.54 bits per heavy atom. The Kier molecular flexibility index (Phi) is 11.5. The van der Waals surface area contributed by atoms with Gasteiger partial charge in [-0.05, 0) is 48.7 Å². The van der Waals surface area contributed by atoms with E-state index in [-0.39, 0.29) is 30.6 Å². The minimum absolute atomic E-state index is 0.0324. The van der Waals surface area contributed by atoms with Gasteiger partial charge in [0.1, 0.15) is 18.4 Å². The maximum atomic E-state index is 14.9. The van der Waals surface area contributed by atoms with Crippen molar-refractivity contribution in [1.82, 2.24) is 14.5 Å². The first-order valence-corrected chi connectivity index (χ1v) is 15.5. The molecule has 220 valence electrons. The number of para-hydroxylation sites is 1. The van der Waals surface area contributed by atoms with Crippen LogP contribution in [-0.4, -0.2) is 62.2 Å². The molecule has 0 saturated carbocycles. The van der Waals surface area contributed by atoms with Gasteiger partial charge in [0.25, 0.3) is 0 Å². The van der Waals surface area contributed by atoms with E-state index < -0.39 is 34.5 Å². The molecule has 0 aliphatic rings. The second kappa shape index (κ2) is 14.6. The zero-order valence-corrected chi connectivity index (χ0v) is 26.0. The smallest absolute Gasteiger partial charge is 0.304 e. The summed E-state index contributed by atoms with van der Waals surface area (Å²) in [6.45, 7) is 3.15. The predicted octanol–water partition coefficient (Wildman–Crippen LogP) is 4.76. The number of anilines is 1. The van der Waals surface area contributed by atoms with Crippen molar-refractivity contribution in [2.45, 2.75) is 45.3 Å². The lowest BCUT2D eigenvalue weighted by Crippen LogP contribution is -2.55. The molecule has 0 aliphatic carbocycles. The molecule has 0 bridgehead atoms. The van der Waals surface area contributed by atoms with Gasteiger partial charge in [0.2, 0.25) is 11.8 Å². The first-order valence-electron chi connectivity index (χ1n) is 13.3. The molecule has 11 heteroatoms. The van der Waals surface area contributed by atoms with Crippen LogP contribution in [0.3, 0.4) is 0 Å². The molecule has 0 fully saturated rings. The summed E-state index contributed by atoms with van der Waals surface area (Å²) in [7, 11) is -1.66. The molecule has 41 heavy (non-hydrogen) atoms. The van der Waals surface area contributed by atoms with Crippen molar-refractivity contribution in [3.63, 3.8) is 0 Å². The lowest BCUT2D eigenvalue weighted by molar-refractivity contribution is -0.140. The van der Waals surface area contributed by atoms with E-state index in [1.807, 2.05) is 68.4 Å². The number of hydrogen-bond donors (Lipinski definition) is 1. The van der Waals surface area contributed by atoms with E-state index in [2.05, 4.69) is 21.2 Å². The topological polar surface area (TPSA) is 90.0 Å². The standard InChI is InChI=1S/C30H36BrFN4O4S/c1-5-22(2)33-30(38)28(19-23-11-7-6-8-12-23)35(20-24-15-17-25(31)18-16-24)29(37)21-36(41(39,40)34(3)4)27-14-10-9-13-26(27)32/h6-18,22,28H,5,19-21H2,1-4H3,(H,33,38)/t22-,28+/m0/s1. The molecule has 2 atom stereocenters. The lowest BCUT2D eigenvalue weighted by atomic mass is 10.0. The summed E-state index contributed by atoms with van der Waals surface area (Å²) in [5.41, 5.74) is 1.31. The highest BCUT2D eigenvalue weighted by atomic mass is 79.9. The monoisotopic (exact) mass is 646 g/mol. The van der Waals surface area contributed by atoms with Gasteiger partial charge in [0, 0.05) is 37.6 Å². The SMILES string of the molecule is CC[C@H](C)NC(=O)[C@@H](Cc1ccccc1)N(Cc1ccc(Br)cc1)C(=O)CN(c1ccccc1F)S(=O)(=O)N(C)C. The number of hydrogen-bond acceptors (Lipinski definition) is 4. The van der Waals surface area contributed by atoms with E-state index in [0.29, 0.717) is 6.42 Å². The quantitative estimate of drug-likeness (QED) is 0.290. The van der Waals surface area contributed by atoms with Crippen LogP contribution in [0.15, 0.2) is 83.3 Å². The number of halogens is 2.